The Bertz CT molecular complexity index is 599. The van der Waals surface area contributed by atoms with E-state index in [2.05, 4.69) is 19.2 Å². The van der Waals surface area contributed by atoms with Gasteiger partial charge in [0.25, 0.3) is 0 Å². The summed E-state index contributed by atoms with van der Waals surface area (Å²) in [4.78, 5) is 12.2. The number of carbonyl (C=O) groups is 1. The summed E-state index contributed by atoms with van der Waals surface area (Å²) in [6.07, 6.45) is 5.32. The van der Waals surface area contributed by atoms with E-state index in [1.54, 1.807) is 12.1 Å². The summed E-state index contributed by atoms with van der Waals surface area (Å²) < 4.78 is 24.6. The molecule has 1 fully saturated rings. The van der Waals surface area contributed by atoms with Crippen LogP contribution >= 0.6 is 0 Å². The number of carbonyl (C=O) groups excluding carboxylic acids is 1. The zero-order valence-corrected chi connectivity index (χ0v) is 14.2. The largest absolute Gasteiger partial charge is 0.352 e. The molecule has 2 rings (SSSR count). The standard InChI is InChI=1S/C17H25NO3S/c1-13(2)14-8-10-16(11-9-14)22(20,21)12-17(19)18-15-6-4-3-5-7-15/h8-11,13,15H,3-7,12H2,1-2H3,(H,18,19). The molecule has 1 saturated carbocycles. The highest BCUT2D eigenvalue weighted by molar-refractivity contribution is 7.92. The van der Waals surface area contributed by atoms with Crippen molar-refractivity contribution in [2.45, 2.75) is 62.8 Å². The summed E-state index contributed by atoms with van der Waals surface area (Å²) in [5.74, 6) is -0.504. The minimum atomic E-state index is -3.56. The van der Waals surface area contributed by atoms with Crippen LogP contribution < -0.4 is 5.32 Å². The van der Waals surface area contributed by atoms with Gasteiger partial charge in [0.2, 0.25) is 5.91 Å². The van der Waals surface area contributed by atoms with E-state index in [9.17, 15) is 13.2 Å². The molecule has 0 aromatic heterocycles. The van der Waals surface area contributed by atoms with E-state index in [4.69, 9.17) is 0 Å². The van der Waals surface area contributed by atoms with Gasteiger partial charge >= 0.3 is 0 Å². The number of sulfone groups is 1. The first-order valence-electron chi connectivity index (χ1n) is 8.00. The first-order valence-corrected chi connectivity index (χ1v) is 9.66. The highest BCUT2D eigenvalue weighted by Gasteiger charge is 2.22. The molecular weight excluding hydrogens is 298 g/mol. The maximum atomic E-state index is 12.3. The smallest absolute Gasteiger partial charge is 0.235 e. The summed E-state index contributed by atoms with van der Waals surface area (Å²) in [7, 11) is -3.56. The fourth-order valence-corrected chi connectivity index (χ4v) is 3.98. The summed E-state index contributed by atoms with van der Waals surface area (Å²) in [6.45, 7) is 4.11. The summed E-state index contributed by atoms with van der Waals surface area (Å²) in [6, 6.07) is 6.96. The van der Waals surface area contributed by atoms with E-state index < -0.39 is 15.6 Å². The molecule has 1 aliphatic carbocycles. The third-order valence-electron chi connectivity index (χ3n) is 4.20. The van der Waals surface area contributed by atoms with E-state index >= 15 is 0 Å². The quantitative estimate of drug-likeness (QED) is 0.906. The molecule has 1 aliphatic rings. The lowest BCUT2D eigenvalue weighted by atomic mass is 9.95. The van der Waals surface area contributed by atoms with E-state index in [1.807, 2.05) is 12.1 Å². The van der Waals surface area contributed by atoms with Crippen molar-refractivity contribution in [2.24, 2.45) is 0 Å². The average molecular weight is 323 g/mol. The number of nitrogens with one attached hydrogen (secondary N) is 1. The van der Waals surface area contributed by atoms with Crippen LogP contribution in [0.4, 0.5) is 0 Å². The lowest BCUT2D eigenvalue weighted by Crippen LogP contribution is -2.39. The van der Waals surface area contributed by atoms with Crippen LogP contribution in [0.3, 0.4) is 0 Å². The molecule has 4 nitrogen and oxygen atoms in total. The Labute approximate surface area is 133 Å². The summed E-state index contributed by atoms with van der Waals surface area (Å²) in [5, 5.41) is 2.86. The summed E-state index contributed by atoms with van der Waals surface area (Å²) >= 11 is 0. The third-order valence-corrected chi connectivity index (χ3v) is 5.83. The maximum Gasteiger partial charge on any atom is 0.235 e. The fourth-order valence-electron chi connectivity index (χ4n) is 2.83. The second kappa shape index (κ2) is 7.27. The third kappa shape index (κ3) is 4.57. The second-order valence-corrected chi connectivity index (χ2v) is 8.37. The Balaban J connectivity index is 1.98. The maximum absolute atomic E-state index is 12.3. The van der Waals surface area contributed by atoms with Crippen LogP contribution in [0.15, 0.2) is 29.2 Å². The Morgan fingerprint density at radius 3 is 2.27 bits per heavy atom. The van der Waals surface area contributed by atoms with Crippen molar-refractivity contribution in [3.63, 3.8) is 0 Å². The molecule has 1 aromatic rings. The molecule has 1 aromatic carbocycles. The van der Waals surface area contributed by atoms with Crippen molar-refractivity contribution in [2.75, 3.05) is 5.75 Å². The summed E-state index contributed by atoms with van der Waals surface area (Å²) in [5.41, 5.74) is 1.09. The van der Waals surface area contributed by atoms with Crippen molar-refractivity contribution in [1.29, 1.82) is 0 Å². The molecule has 22 heavy (non-hydrogen) atoms. The number of hydrogen-bond donors (Lipinski definition) is 1. The monoisotopic (exact) mass is 323 g/mol. The lowest BCUT2D eigenvalue weighted by Gasteiger charge is -2.22. The number of rotatable bonds is 5. The first-order chi connectivity index (χ1) is 10.4. The average Bonchev–Trinajstić information content (AvgIpc) is 2.47. The SMILES string of the molecule is CC(C)c1ccc(S(=O)(=O)CC(=O)NC2CCCCC2)cc1. The van der Waals surface area contributed by atoms with E-state index in [-0.39, 0.29) is 16.8 Å². The highest BCUT2D eigenvalue weighted by atomic mass is 32.2. The Kier molecular flexibility index (Phi) is 5.62. The van der Waals surface area contributed by atoms with Gasteiger partial charge < -0.3 is 5.32 Å². The van der Waals surface area contributed by atoms with Crippen LogP contribution in [0.5, 0.6) is 0 Å². The van der Waals surface area contributed by atoms with E-state index in [1.165, 1.54) is 6.42 Å². The molecule has 0 bridgehead atoms. The van der Waals surface area contributed by atoms with Crippen LogP contribution in [-0.2, 0) is 14.6 Å². The van der Waals surface area contributed by atoms with Gasteiger partial charge in [-0.1, -0.05) is 45.2 Å². The molecule has 122 valence electrons. The van der Waals surface area contributed by atoms with Crippen molar-refractivity contribution in [3.8, 4) is 0 Å². The van der Waals surface area contributed by atoms with E-state index in [0.717, 1.165) is 31.2 Å². The molecular formula is C17H25NO3S. The van der Waals surface area contributed by atoms with E-state index in [0.29, 0.717) is 5.92 Å². The topological polar surface area (TPSA) is 63.2 Å². The molecule has 5 heteroatoms. The molecule has 1 N–H and O–H groups in total. The van der Waals surface area contributed by atoms with Crippen molar-refractivity contribution < 1.29 is 13.2 Å². The van der Waals surface area contributed by atoms with Gasteiger partial charge in [-0.3, -0.25) is 4.79 Å². The number of benzene rings is 1. The molecule has 1 amide bonds. The minimum absolute atomic E-state index is 0.139. The highest BCUT2D eigenvalue weighted by Crippen LogP contribution is 2.19. The Morgan fingerprint density at radius 1 is 1.14 bits per heavy atom. The van der Waals surface area contributed by atoms with Crippen LogP contribution in [0.1, 0.15) is 57.4 Å². The zero-order valence-electron chi connectivity index (χ0n) is 13.3. The van der Waals surface area contributed by atoms with Gasteiger partial charge in [0.05, 0.1) is 4.90 Å². The van der Waals surface area contributed by atoms with Crippen molar-refractivity contribution in [3.05, 3.63) is 29.8 Å². The predicted octanol–water partition coefficient (Wildman–Crippen LogP) is 3.03. The molecule has 0 radical (unpaired) electrons. The van der Waals surface area contributed by atoms with Crippen LogP contribution in [0, 0.1) is 0 Å². The normalized spacial score (nSPS) is 16.7. The van der Waals surface area contributed by atoms with Gasteiger partial charge in [0.15, 0.2) is 9.84 Å². The van der Waals surface area contributed by atoms with Gasteiger partial charge in [0.1, 0.15) is 5.75 Å². The second-order valence-electron chi connectivity index (χ2n) is 6.39. The molecule has 0 saturated heterocycles. The van der Waals surface area contributed by atoms with Gasteiger partial charge in [-0.2, -0.15) is 0 Å². The van der Waals surface area contributed by atoms with Gasteiger partial charge in [-0.25, -0.2) is 8.42 Å². The van der Waals surface area contributed by atoms with Crippen molar-refractivity contribution >= 4 is 15.7 Å². The zero-order chi connectivity index (χ0) is 16.2. The predicted molar refractivity (Wildman–Crippen MR) is 87.6 cm³/mol. The minimum Gasteiger partial charge on any atom is -0.352 e. The first kappa shape index (κ1) is 17.0. The fraction of sp³-hybridized carbons (Fsp3) is 0.588. The van der Waals surface area contributed by atoms with Gasteiger partial charge in [0, 0.05) is 6.04 Å². The van der Waals surface area contributed by atoms with Crippen LogP contribution in [0.25, 0.3) is 0 Å². The Morgan fingerprint density at radius 2 is 1.73 bits per heavy atom. The van der Waals surface area contributed by atoms with Crippen molar-refractivity contribution in [1.82, 2.24) is 5.32 Å². The Hall–Kier alpha value is -1.36. The van der Waals surface area contributed by atoms with Crippen LogP contribution in [-0.4, -0.2) is 26.1 Å². The van der Waals surface area contributed by atoms with Gasteiger partial charge in [-0.05, 0) is 36.5 Å². The molecule has 0 unspecified atom stereocenters. The molecule has 0 spiro atoms. The lowest BCUT2D eigenvalue weighted by molar-refractivity contribution is -0.119. The molecule has 0 aliphatic heterocycles. The molecule has 0 heterocycles. The molecule has 0 atom stereocenters. The van der Waals surface area contributed by atoms with Gasteiger partial charge in [-0.15, -0.1) is 0 Å². The number of hydrogen-bond acceptors (Lipinski definition) is 3. The van der Waals surface area contributed by atoms with Crippen LogP contribution in [0.2, 0.25) is 0 Å². The number of amides is 1.